The third kappa shape index (κ3) is 3.32. The number of hydrogen-bond acceptors (Lipinski definition) is 6. The Bertz CT molecular complexity index is 460. The molecule has 4 N–H and O–H groups in total. The van der Waals surface area contributed by atoms with Crippen molar-refractivity contribution in [1.82, 2.24) is 15.3 Å². The fraction of sp³-hybridized carbons (Fsp3) is 0.545. The normalized spacial score (nSPS) is 16.3. The number of hydrogen-bond donors (Lipinski definition) is 3. The first-order valence-corrected chi connectivity index (χ1v) is 6.90. The molecule has 1 saturated heterocycles. The number of halogens is 1. The van der Waals surface area contributed by atoms with Crippen molar-refractivity contribution >= 4 is 33.5 Å². The van der Waals surface area contributed by atoms with E-state index in [9.17, 15) is 4.79 Å². The van der Waals surface area contributed by atoms with Crippen molar-refractivity contribution in [2.45, 2.75) is 25.8 Å². The molecule has 104 valence electrons. The number of nitrogens with two attached hydrogens (primary N) is 1. The van der Waals surface area contributed by atoms with Gasteiger partial charge >= 0.3 is 0 Å². The highest BCUT2D eigenvalue weighted by molar-refractivity contribution is 9.10. The van der Waals surface area contributed by atoms with E-state index in [1.54, 1.807) is 6.92 Å². The summed E-state index contributed by atoms with van der Waals surface area (Å²) in [6.45, 7) is 3.22. The lowest BCUT2D eigenvalue weighted by atomic mass is 10.1. The predicted molar refractivity (Wildman–Crippen MR) is 76.6 cm³/mol. The molecule has 0 bridgehead atoms. The number of piperidine rings is 1. The SMILES string of the molecule is CC(=O)NC1CCN(c2ncnc(NN)c2Br)CC1. The van der Waals surface area contributed by atoms with E-state index in [4.69, 9.17) is 5.84 Å². The van der Waals surface area contributed by atoms with Crippen molar-refractivity contribution in [2.75, 3.05) is 23.4 Å². The maximum Gasteiger partial charge on any atom is 0.217 e. The van der Waals surface area contributed by atoms with Crippen LogP contribution in [-0.2, 0) is 4.79 Å². The van der Waals surface area contributed by atoms with Gasteiger partial charge in [0.05, 0.1) is 0 Å². The average molecular weight is 329 g/mol. The number of nitrogen functional groups attached to an aromatic ring is 1. The number of anilines is 2. The van der Waals surface area contributed by atoms with E-state index in [1.807, 2.05) is 0 Å². The van der Waals surface area contributed by atoms with Crippen LogP contribution >= 0.6 is 15.9 Å². The van der Waals surface area contributed by atoms with Gasteiger partial charge in [-0.15, -0.1) is 0 Å². The number of hydrazine groups is 1. The summed E-state index contributed by atoms with van der Waals surface area (Å²) in [5, 5.41) is 2.95. The molecular formula is C11H17BrN6O. The molecule has 0 spiro atoms. The van der Waals surface area contributed by atoms with Gasteiger partial charge in [-0.05, 0) is 28.8 Å². The van der Waals surface area contributed by atoms with E-state index in [-0.39, 0.29) is 11.9 Å². The molecule has 7 nitrogen and oxygen atoms in total. The van der Waals surface area contributed by atoms with Gasteiger partial charge in [-0.2, -0.15) is 0 Å². The largest absolute Gasteiger partial charge is 0.355 e. The fourth-order valence-electron chi connectivity index (χ4n) is 2.20. The monoisotopic (exact) mass is 328 g/mol. The van der Waals surface area contributed by atoms with Crippen molar-refractivity contribution < 1.29 is 4.79 Å². The van der Waals surface area contributed by atoms with Gasteiger partial charge in [0, 0.05) is 26.1 Å². The molecule has 0 unspecified atom stereocenters. The summed E-state index contributed by atoms with van der Waals surface area (Å²) in [4.78, 5) is 21.5. The second kappa shape index (κ2) is 6.16. The van der Waals surface area contributed by atoms with Gasteiger partial charge in [-0.3, -0.25) is 4.79 Å². The Morgan fingerprint density at radius 1 is 1.47 bits per heavy atom. The van der Waals surface area contributed by atoms with E-state index >= 15 is 0 Å². The maximum absolute atomic E-state index is 11.0. The number of nitrogens with one attached hydrogen (secondary N) is 2. The summed E-state index contributed by atoms with van der Waals surface area (Å²) >= 11 is 3.45. The standard InChI is InChI=1S/C11H17BrN6O/c1-7(19)16-8-2-4-18(5-3-8)11-9(12)10(17-13)14-6-15-11/h6,8H,2-5,13H2,1H3,(H,16,19)(H,14,15,17). The Morgan fingerprint density at radius 3 is 2.74 bits per heavy atom. The number of carbonyl (C=O) groups is 1. The smallest absolute Gasteiger partial charge is 0.217 e. The molecule has 1 amide bonds. The second-order valence-electron chi connectivity index (χ2n) is 4.47. The van der Waals surface area contributed by atoms with Crippen molar-refractivity contribution in [2.24, 2.45) is 5.84 Å². The van der Waals surface area contributed by atoms with Crippen molar-refractivity contribution in [1.29, 1.82) is 0 Å². The summed E-state index contributed by atoms with van der Waals surface area (Å²) < 4.78 is 0.760. The molecule has 1 fully saturated rings. The third-order valence-corrected chi connectivity index (χ3v) is 3.84. The molecule has 19 heavy (non-hydrogen) atoms. The van der Waals surface area contributed by atoms with Gasteiger partial charge in [0.2, 0.25) is 5.91 Å². The molecule has 0 aromatic carbocycles. The summed E-state index contributed by atoms with van der Waals surface area (Å²) in [7, 11) is 0. The van der Waals surface area contributed by atoms with Gasteiger partial charge in [-0.25, -0.2) is 15.8 Å². The lowest BCUT2D eigenvalue weighted by molar-refractivity contribution is -0.119. The van der Waals surface area contributed by atoms with Gasteiger partial charge in [0.1, 0.15) is 16.6 Å². The molecule has 1 aliphatic rings. The second-order valence-corrected chi connectivity index (χ2v) is 5.26. The van der Waals surface area contributed by atoms with Crippen LogP contribution < -0.4 is 21.5 Å². The highest BCUT2D eigenvalue weighted by Crippen LogP contribution is 2.30. The van der Waals surface area contributed by atoms with Crippen LogP contribution in [-0.4, -0.2) is 35.0 Å². The number of nitrogens with zero attached hydrogens (tertiary/aromatic N) is 3. The van der Waals surface area contributed by atoms with E-state index < -0.39 is 0 Å². The molecule has 2 rings (SSSR count). The third-order valence-electron chi connectivity index (χ3n) is 3.11. The number of aromatic nitrogens is 2. The van der Waals surface area contributed by atoms with Crippen LogP contribution in [0.2, 0.25) is 0 Å². The van der Waals surface area contributed by atoms with E-state index in [0.717, 1.165) is 36.2 Å². The molecule has 0 radical (unpaired) electrons. The molecule has 1 aliphatic heterocycles. The molecule has 8 heteroatoms. The quantitative estimate of drug-likeness (QED) is 0.556. The van der Waals surface area contributed by atoms with Crippen LogP contribution in [0.25, 0.3) is 0 Å². The van der Waals surface area contributed by atoms with Gasteiger partial charge in [0.15, 0.2) is 5.82 Å². The summed E-state index contributed by atoms with van der Waals surface area (Å²) in [6.07, 6.45) is 3.29. The van der Waals surface area contributed by atoms with Crippen molar-refractivity contribution in [3.63, 3.8) is 0 Å². The Morgan fingerprint density at radius 2 is 2.16 bits per heavy atom. The zero-order valence-corrected chi connectivity index (χ0v) is 12.3. The Kier molecular flexibility index (Phi) is 4.54. The lowest BCUT2D eigenvalue weighted by Gasteiger charge is -2.33. The number of rotatable bonds is 3. The first-order chi connectivity index (χ1) is 9.11. The summed E-state index contributed by atoms with van der Waals surface area (Å²) in [5.41, 5.74) is 2.53. The Labute approximate surface area is 120 Å². The first kappa shape index (κ1) is 14.0. The molecule has 2 heterocycles. The highest BCUT2D eigenvalue weighted by Gasteiger charge is 2.23. The van der Waals surface area contributed by atoms with Crippen LogP contribution in [0.4, 0.5) is 11.6 Å². The van der Waals surface area contributed by atoms with Crippen LogP contribution in [0.3, 0.4) is 0 Å². The lowest BCUT2D eigenvalue weighted by Crippen LogP contribution is -2.44. The molecule has 0 saturated carbocycles. The summed E-state index contributed by atoms with van der Waals surface area (Å²) in [6, 6.07) is 0.251. The minimum Gasteiger partial charge on any atom is -0.355 e. The highest BCUT2D eigenvalue weighted by atomic mass is 79.9. The van der Waals surface area contributed by atoms with Crippen molar-refractivity contribution in [3.8, 4) is 0 Å². The summed E-state index contributed by atoms with van der Waals surface area (Å²) in [5.74, 6) is 6.80. The van der Waals surface area contributed by atoms with Crippen molar-refractivity contribution in [3.05, 3.63) is 10.8 Å². The Hall–Kier alpha value is -1.41. The van der Waals surface area contributed by atoms with Crippen LogP contribution in [0, 0.1) is 0 Å². The fourth-order valence-corrected chi connectivity index (χ4v) is 2.77. The van der Waals surface area contributed by atoms with Crippen LogP contribution in [0.5, 0.6) is 0 Å². The van der Waals surface area contributed by atoms with Crippen LogP contribution in [0.1, 0.15) is 19.8 Å². The Balaban J connectivity index is 2.03. The maximum atomic E-state index is 11.0. The minimum atomic E-state index is 0.0243. The van der Waals surface area contributed by atoms with Gasteiger partial charge in [-0.1, -0.05) is 0 Å². The molecule has 0 aliphatic carbocycles. The van der Waals surface area contributed by atoms with E-state index in [2.05, 4.69) is 41.5 Å². The molecule has 1 aromatic heterocycles. The zero-order valence-electron chi connectivity index (χ0n) is 10.7. The van der Waals surface area contributed by atoms with Crippen LogP contribution in [0.15, 0.2) is 10.8 Å². The number of carbonyl (C=O) groups excluding carboxylic acids is 1. The molecular weight excluding hydrogens is 312 g/mol. The minimum absolute atomic E-state index is 0.0243. The number of amides is 1. The topological polar surface area (TPSA) is 96.2 Å². The zero-order chi connectivity index (χ0) is 13.8. The first-order valence-electron chi connectivity index (χ1n) is 6.11. The average Bonchev–Trinajstić information content (AvgIpc) is 2.39. The van der Waals surface area contributed by atoms with E-state index in [1.165, 1.54) is 6.33 Å². The molecule has 0 atom stereocenters. The predicted octanol–water partition coefficient (Wildman–Crippen LogP) is 0.630. The van der Waals surface area contributed by atoms with Gasteiger partial charge < -0.3 is 15.6 Å². The van der Waals surface area contributed by atoms with E-state index in [0.29, 0.717) is 5.82 Å². The molecule has 1 aromatic rings. The van der Waals surface area contributed by atoms with Gasteiger partial charge in [0.25, 0.3) is 0 Å².